The van der Waals surface area contributed by atoms with Crippen molar-refractivity contribution < 1.29 is 19.0 Å². The van der Waals surface area contributed by atoms with Crippen LogP contribution in [0.25, 0.3) is 0 Å². The van der Waals surface area contributed by atoms with Gasteiger partial charge in [0.25, 0.3) is 0 Å². The number of esters is 1. The summed E-state index contributed by atoms with van der Waals surface area (Å²) in [6.45, 7) is 2.42. The molecule has 2 rings (SSSR count). The van der Waals surface area contributed by atoms with E-state index in [2.05, 4.69) is 9.97 Å². The lowest BCUT2D eigenvalue weighted by Gasteiger charge is -2.10. The molecule has 1 aliphatic heterocycles. The number of ether oxygens (including phenoxy) is 3. The van der Waals surface area contributed by atoms with E-state index in [0.29, 0.717) is 25.5 Å². The second kappa shape index (κ2) is 5.63. The van der Waals surface area contributed by atoms with Crippen molar-refractivity contribution in [2.75, 3.05) is 18.9 Å². The van der Waals surface area contributed by atoms with Crippen molar-refractivity contribution in [3.8, 4) is 5.88 Å². The Morgan fingerprint density at radius 3 is 3.22 bits per heavy atom. The molecule has 1 saturated heterocycles. The lowest BCUT2D eigenvalue weighted by atomic mass is 10.2. The van der Waals surface area contributed by atoms with Crippen LogP contribution in [-0.2, 0) is 14.3 Å². The number of nitrogens with two attached hydrogens (primary N) is 1. The van der Waals surface area contributed by atoms with Crippen LogP contribution in [0, 0.1) is 0 Å². The lowest BCUT2D eigenvalue weighted by molar-refractivity contribution is -0.153. The Morgan fingerprint density at radius 2 is 2.50 bits per heavy atom. The van der Waals surface area contributed by atoms with Crippen LogP contribution in [0.2, 0.25) is 0 Å². The number of anilines is 1. The molecule has 1 aromatic rings. The van der Waals surface area contributed by atoms with Crippen molar-refractivity contribution in [3.05, 3.63) is 12.3 Å². The van der Waals surface area contributed by atoms with E-state index in [-0.39, 0.29) is 18.0 Å². The number of aromatic nitrogens is 2. The van der Waals surface area contributed by atoms with Gasteiger partial charge in [-0.3, -0.25) is 0 Å². The molecule has 7 heteroatoms. The summed E-state index contributed by atoms with van der Waals surface area (Å²) in [6.07, 6.45) is 1.17. The van der Waals surface area contributed by atoms with Crippen molar-refractivity contribution in [2.24, 2.45) is 0 Å². The van der Waals surface area contributed by atoms with Crippen LogP contribution in [0.15, 0.2) is 12.3 Å². The van der Waals surface area contributed by atoms with Gasteiger partial charge in [-0.1, -0.05) is 0 Å². The first-order valence-corrected chi connectivity index (χ1v) is 5.72. The zero-order chi connectivity index (χ0) is 13.0. The van der Waals surface area contributed by atoms with Crippen molar-refractivity contribution >= 4 is 11.9 Å². The molecule has 2 heterocycles. The fourth-order valence-electron chi connectivity index (χ4n) is 1.67. The molecule has 1 aliphatic rings. The molecule has 0 saturated carbocycles. The molecule has 0 spiro atoms. The Labute approximate surface area is 104 Å². The van der Waals surface area contributed by atoms with E-state index in [0.717, 1.165) is 0 Å². The second-order valence-corrected chi connectivity index (χ2v) is 3.80. The van der Waals surface area contributed by atoms with Crippen molar-refractivity contribution in [3.63, 3.8) is 0 Å². The van der Waals surface area contributed by atoms with Gasteiger partial charge < -0.3 is 19.9 Å². The van der Waals surface area contributed by atoms with Gasteiger partial charge in [-0.15, -0.1) is 0 Å². The highest BCUT2D eigenvalue weighted by Crippen LogP contribution is 2.19. The van der Waals surface area contributed by atoms with E-state index in [1.54, 1.807) is 13.0 Å². The zero-order valence-electron chi connectivity index (χ0n) is 10.0. The lowest BCUT2D eigenvalue weighted by Crippen LogP contribution is -2.23. The van der Waals surface area contributed by atoms with Crippen molar-refractivity contribution in [1.82, 2.24) is 9.97 Å². The summed E-state index contributed by atoms with van der Waals surface area (Å²) in [5.41, 5.74) is 5.44. The first-order valence-electron chi connectivity index (χ1n) is 5.72. The largest absolute Gasteiger partial charge is 0.472 e. The minimum Gasteiger partial charge on any atom is -0.472 e. The summed E-state index contributed by atoms with van der Waals surface area (Å²) < 4.78 is 15.7. The van der Waals surface area contributed by atoms with Gasteiger partial charge in [0.2, 0.25) is 11.8 Å². The molecular weight excluding hydrogens is 238 g/mol. The molecule has 1 aromatic heterocycles. The molecule has 1 fully saturated rings. The number of carbonyl (C=O) groups excluding carboxylic acids is 1. The van der Waals surface area contributed by atoms with Crippen LogP contribution in [0.5, 0.6) is 5.88 Å². The monoisotopic (exact) mass is 253 g/mol. The standard InChI is InChI=1S/C11H15N3O4/c1-2-16-10(15)8-5-7(6-17-8)18-9-3-4-13-11(12)14-9/h3-4,7-8H,2,5-6H2,1H3,(H2,12,13,14)/t7-,8+/m0/s1. The van der Waals surface area contributed by atoms with Crippen LogP contribution < -0.4 is 10.5 Å². The minimum atomic E-state index is -0.561. The highest BCUT2D eigenvalue weighted by Gasteiger charge is 2.33. The molecular formula is C11H15N3O4. The molecule has 0 aliphatic carbocycles. The fraction of sp³-hybridized carbons (Fsp3) is 0.545. The SMILES string of the molecule is CCOC(=O)[C@H]1C[C@H](Oc2ccnc(N)n2)CO1. The molecule has 0 aromatic carbocycles. The number of carbonyl (C=O) groups is 1. The smallest absolute Gasteiger partial charge is 0.335 e. The summed E-state index contributed by atoms with van der Waals surface area (Å²) in [5, 5.41) is 0. The van der Waals surface area contributed by atoms with Crippen LogP contribution in [0.4, 0.5) is 5.95 Å². The van der Waals surface area contributed by atoms with Crippen LogP contribution in [0.3, 0.4) is 0 Å². The van der Waals surface area contributed by atoms with Gasteiger partial charge in [0.1, 0.15) is 6.10 Å². The third kappa shape index (κ3) is 3.07. The number of nitrogen functional groups attached to an aromatic ring is 1. The predicted octanol–water partition coefficient (Wildman–Crippen LogP) is 0.158. The van der Waals surface area contributed by atoms with Gasteiger partial charge in [0.15, 0.2) is 6.10 Å². The molecule has 0 bridgehead atoms. The van der Waals surface area contributed by atoms with Gasteiger partial charge in [-0.25, -0.2) is 9.78 Å². The summed E-state index contributed by atoms with van der Waals surface area (Å²) in [5.74, 6) is 0.166. The van der Waals surface area contributed by atoms with E-state index in [4.69, 9.17) is 19.9 Å². The third-order valence-electron chi connectivity index (χ3n) is 2.45. The Kier molecular flexibility index (Phi) is 3.93. The fourth-order valence-corrected chi connectivity index (χ4v) is 1.67. The average Bonchev–Trinajstić information content (AvgIpc) is 2.78. The van der Waals surface area contributed by atoms with Gasteiger partial charge in [-0.2, -0.15) is 4.98 Å². The molecule has 2 N–H and O–H groups in total. The predicted molar refractivity (Wildman–Crippen MR) is 61.9 cm³/mol. The maximum absolute atomic E-state index is 11.4. The molecule has 18 heavy (non-hydrogen) atoms. The Hall–Kier alpha value is -1.89. The first kappa shape index (κ1) is 12.6. The number of hydrogen-bond acceptors (Lipinski definition) is 7. The minimum absolute atomic E-state index is 0.147. The Morgan fingerprint density at radius 1 is 1.67 bits per heavy atom. The third-order valence-corrected chi connectivity index (χ3v) is 2.45. The average molecular weight is 253 g/mol. The maximum atomic E-state index is 11.4. The summed E-state index contributed by atoms with van der Waals surface area (Å²) >= 11 is 0. The zero-order valence-corrected chi connectivity index (χ0v) is 10.0. The van der Waals surface area contributed by atoms with Crippen molar-refractivity contribution in [1.29, 1.82) is 0 Å². The van der Waals surface area contributed by atoms with Crippen LogP contribution in [-0.4, -0.2) is 41.4 Å². The van der Waals surface area contributed by atoms with Gasteiger partial charge in [0.05, 0.1) is 13.2 Å². The molecule has 0 unspecified atom stereocenters. The molecule has 0 amide bonds. The molecule has 0 radical (unpaired) electrons. The van der Waals surface area contributed by atoms with Gasteiger partial charge in [-0.05, 0) is 6.92 Å². The Bertz CT molecular complexity index is 427. The number of nitrogens with zero attached hydrogens (tertiary/aromatic N) is 2. The molecule has 2 atom stereocenters. The highest BCUT2D eigenvalue weighted by molar-refractivity contribution is 5.75. The van der Waals surface area contributed by atoms with Crippen LogP contribution in [0.1, 0.15) is 13.3 Å². The van der Waals surface area contributed by atoms with Gasteiger partial charge >= 0.3 is 5.97 Å². The summed E-state index contributed by atoms with van der Waals surface area (Å²) in [6, 6.07) is 1.61. The van der Waals surface area contributed by atoms with E-state index in [1.165, 1.54) is 6.20 Å². The van der Waals surface area contributed by atoms with Gasteiger partial charge in [0, 0.05) is 18.7 Å². The molecule has 7 nitrogen and oxygen atoms in total. The number of rotatable bonds is 4. The first-order chi connectivity index (χ1) is 8.69. The highest BCUT2D eigenvalue weighted by atomic mass is 16.6. The van der Waals surface area contributed by atoms with E-state index in [9.17, 15) is 4.79 Å². The van der Waals surface area contributed by atoms with Crippen LogP contribution >= 0.6 is 0 Å². The maximum Gasteiger partial charge on any atom is 0.335 e. The second-order valence-electron chi connectivity index (χ2n) is 3.80. The number of hydrogen-bond donors (Lipinski definition) is 1. The topological polar surface area (TPSA) is 96.6 Å². The van der Waals surface area contributed by atoms with Crippen molar-refractivity contribution in [2.45, 2.75) is 25.6 Å². The summed E-state index contributed by atoms with van der Waals surface area (Å²) in [7, 11) is 0. The van der Waals surface area contributed by atoms with E-state index in [1.807, 2.05) is 0 Å². The van der Waals surface area contributed by atoms with E-state index >= 15 is 0 Å². The normalized spacial score (nSPS) is 22.7. The summed E-state index contributed by atoms with van der Waals surface area (Å²) in [4.78, 5) is 19.1. The molecule has 98 valence electrons. The quantitative estimate of drug-likeness (QED) is 0.763. The van der Waals surface area contributed by atoms with E-state index < -0.39 is 6.10 Å². The Balaban J connectivity index is 1.88.